The van der Waals surface area contributed by atoms with E-state index in [0.29, 0.717) is 37.9 Å². The number of ether oxygens (including phenoxy) is 4. The van der Waals surface area contributed by atoms with Crippen molar-refractivity contribution >= 4 is 35.2 Å². The number of hydrogen-bond acceptors (Lipinski definition) is 10. The van der Waals surface area contributed by atoms with E-state index in [1.54, 1.807) is 36.4 Å². The SMILES string of the molecule is Nc1ccc(OCCOCCOCCC(=O)NCCOc2cccc3c2C(=O)N(C2CCC(=O)NC2=O)C3=O)cc1. The molecule has 13 heteroatoms. The summed E-state index contributed by atoms with van der Waals surface area (Å²) in [7, 11) is 0. The third-order valence-corrected chi connectivity index (χ3v) is 6.33. The summed E-state index contributed by atoms with van der Waals surface area (Å²) in [5, 5.41) is 4.86. The van der Waals surface area contributed by atoms with Crippen molar-refractivity contribution in [1.29, 1.82) is 0 Å². The highest BCUT2D eigenvalue weighted by atomic mass is 16.5. The van der Waals surface area contributed by atoms with Crippen LogP contribution in [0, 0.1) is 0 Å². The van der Waals surface area contributed by atoms with Crippen molar-refractivity contribution in [3.8, 4) is 11.5 Å². The first-order valence-electron chi connectivity index (χ1n) is 13.2. The maximum absolute atomic E-state index is 13.1. The average molecular weight is 569 g/mol. The average Bonchev–Trinajstić information content (AvgIpc) is 3.21. The van der Waals surface area contributed by atoms with E-state index in [1.807, 2.05) is 0 Å². The number of imide groups is 2. The van der Waals surface area contributed by atoms with Gasteiger partial charge in [0.25, 0.3) is 11.8 Å². The second-order valence-electron chi connectivity index (χ2n) is 9.22. The number of rotatable bonds is 15. The number of hydrogen-bond donors (Lipinski definition) is 3. The molecular weight excluding hydrogens is 536 g/mol. The van der Waals surface area contributed by atoms with Crippen LogP contribution in [0.4, 0.5) is 5.69 Å². The van der Waals surface area contributed by atoms with Crippen LogP contribution < -0.4 is 25.8 Å². The highest BCUT2D eigenvalue weighted by molar-refractivity contribution is 6.24. The monoisotopic (exact) mass is 568 g/mol. The fourth-order valence-corrected chi connectivity index (χ4v) is 4.31. The predicted octanol–water partition coefficient (Wildman–Crippen LogP) is 0.667. The first kappa shape index (κ1) is 29.5. The van der Waals surface area contributed by atoms with Gasteiger partial charge in [-0.1, -0.05) is 6.07 Å². The number of nitrogens with two attached hydrogens (primary N) is 1. The van der Waals surface area contributed by atoms with Gasteiger partial charge in [-0.25, -0.2) is 0 Å². The van der Waals surface area contributed by atoms with Gasteiger partial charge >= 0.3 is 0 Å². The summed E-state index contributed by atoms with van der Waals surface area (Å²) in [6.07, 6.45) is 0.247. The number of nitrogens with zero attached hydrogens (tertiary/aromatic N) is 1. The molecule has 4 N–H and O–H groups in total. The van der Waals surface area contributed by atoms with E-state index in [9.17, 15) is 24.0 Å². The molecule has 2 aromatic carbocycles. The molecule has 0 saturated carbocycles. The Morgan fingerprint density at radius 2 is 1.63 bits per heavy atom. The molecule has 5 amide bonds. The molecule has 13 nitrogen and oxygen atoms in total. The number of fused-ring (bicyclic) bond motifs is 1. The number of piperidine rings is 1. The van der Waals surface area contributed by atoms with E-state index < -0.39 is 29.7 Å². The molecule has 0 radical (unpaired) electrons. The van der Waals surface area contributed by atoms with E-state index in [-0.39, 0.29) is 61.8 Å². The van der Waals surface area contributed by atoms with Gasteiger partial charge in [0.2, 0.25) is 17.7 Å². The zero-order valence-corrected chi connectivity index (χ0v) is 22.4. The van der Waals surface area contributed by atoms with Gasteiger partial charge in [-0.05, 0) is 42.8 Å². The molecule has 2 aliphatic heterocycles. The van der Waals surface area contributed by atoms with Gasteiger partial charge < -0.3 is 30.0 Å². The molecule has 2 heterocycles. The van der Waals surface area contributed by atoms with Crippen LogP contribution in [0.15, 0.2) is 42.5 Å². The van der Waals surface area contributed by atoms with Gasteiger partial charge in [-0.3, -0.25) is 34.2 Å². The summed E-state index contributed by atoms with van der Waals surface area (Å²) in [6, 6.07) is 10.6. The molecule has 1 unspecified atom stereocenters. The summed E-state index contributed by atoms with van der Waals surface area (Å²) in [6.45, 7) is 1.92. The number of nitrogens with one attached hydrogen (secondary N) is 2. The molecule has 2 aliphatic rings. The standard InChI is InChI=1S/C28H32N4O9/c29-18-4-6-19(7-5-18)40-17-16-39-15-14-38-12-10-23(33)30-11-13-41-22-3-1-2-20-25(22)28(37)32(27(20)36)21-8-9-24(34)31-26(21)35/h1-7,21H,8-17,29H2,(H,30,33)(H,31,34,35). The highest BCUT2D eigenvalue weighted by Crippen LogP contribution is 2.33. The lowest BCUT2D eigenvalue weighted by atomic mass is 10.0. The largest absolute Gasteiger partial charge is 0.491 e. The first-order chi connectivity index (χ1) is 19.8. The molecule has 0 aliphatic carbocycles. The molecular formula is C28H32N4O9. The van der Waals surface area contributed by atoms with Gasteiger partial charge in [0.15, 0.2) is 0 Å². The molecule has 0 spiro atoms. The van der Waals surface area contributed by atoms with E-state index in [4.69, 9.17) is 24.7 Å². The van der Waals surface area contributed by atoms with Crippen molar-refractivity contribution in [2.24, 2.45) is 0 Å². The second kappa shape index (κ2) is 14.2. The van der Waals surface area contributed by atoms with Crippen LogP contribution in [-0.4, -0.2) is 86.7 Å². The van der Waals surface area contributed by atoms with Crippen molar-refractivity contribution in [3.05, 3.63) is 53.6 Å². The number of anilines is 1. The first-order valence-corrected chi connectivity index (χ1v) is 13.2. The highest BCUT2D eigenvalue weighted by Gasteiger charge is 2.45. The van der Waals surface area contributed by atoms with Crippen LogP contribution in [0.1, 0.15) is 40.0 Å². The Kier molecular flexibility index (Phi) is 10.2. The van der Waals surface area contributed by atoms with Gasteiger partial charge in [0.1, 0.15) is 30.8 Å². The Bertz CT molecular complexity index is 1280. The van der Waals surface area contributed by atoms with Crippen molar-refractivity contribution in [2.75, 3.05) is 51.9 Å². The molecule has 0 aromatic heterocycles. The van der Waals surface area contributed by atoms with Gasteiger partial charge in [0, 0.05) is 18.5 Å². The van der Waals surface area contributed by atoms with Gasteiger partial charge in [0.05, 0.1) is 44.1 Å². The van der Waals surface area contributed by atoms with Crippen LogP contribution in [0.3, 0.4) is 0 Å². The number of amides is 5. The second-order valence-corrected chi connectivity index (χ2v) is 9.22. The number of benzene rings is 2. The normalized spacial score (nSPS) is 16.4. The van der Waals surface area contributed by atoms with Crippen molar-refractivity contribution in [2.45, 2.75) is 25.3 Å². The quantitative estimate of drug-likeness (QED) is 0.157. The Balaban J connectivity index is 1.09. The zero-order chi connectivity index (χ0) is 29.2. The summed E-state index contributed by atoms with van der Waals surface area (Å²) >= 11 is 0. The molecule has 4 rings (SSSR count). The molecule has 0 bridgehead atoms. The lowest BCUT2D eigenvalue weighted by molar-refractivity contribution is -0.136. The van der Waals surface area contributed by atoms with E-state index in [2.05, 4.69) is 10.6 Å². The van der Waals surface area contributed by atoms with Crippen LogP contribution in [0.5, 0.6) is 11.5 Å². The topological polar surface area (TPSA) is 176 Å². The van der Waals surface area contributed by atoms with E-state index >= 15 is 0 Å². The van der Waals surface area contributed by atoms with Crippen LogP contribution in [0.25, 0.3) is 0 Å². The zero-order valence-electron chi connectivity index (χ0n) is 22.4. The Labute approximate surface area is 236 Å². The third-order valence-electron chi connectivity index (χ3n) is 6.33. The number of carbonyl (C=O) groups excluding carboxylic acids is 5. The smallest absolute Gasteiger partial charge is 0.266 e. The van der Waals surface area contributed by atoms with Crippen molar-refractivity contribution < 1.29 is 42.9 Å². The fourth-order valence-electron chi connectivity index (χ4n) is 4.31. The maximum atomic E-state index is 13.1. The number of nitrogen functional groups attached to an aromatic ring is 1. The Hall–Kier alpha value is -4.49. The summed E-state index contributed by atoms with van der Waals surface area (Å²) < 4.78 is 22.1. The van der Waals surface area contributed by atoms with Gasteiger partial charge in [-0.2, -0.15) is 0 Å². The summed E-state index contributed by atoms with van der Waals surface area (Å²) in [5.74, 6) is -1.75. The lowest BCUT2D eigenvalue weighted by Crippen LogP contribution is -2.54. The molecule has 1 atom stereocenters. The van der Waals surface area contributed by atoms with Crippen LogP contribution >= 0.6 is 0 Å². The minimum absolute atomic E-state index is 0.0348. The molecule has 41 heavy (non-hydrogen) atoms. The molecule has 218 valence electrons. The number of carbonyl (C=O) groups is 5. The predicted molar refractivity (Wildman–Crippen MR) is 144 cm³/mol. The van der Waals surface area contributed by atoms with Gasteiger partial charge in [-0.15, -0.1) is 0 Å². The molecule has 1 saturated heterocycles. The van der Waals surface area contributed by atoms with Crippen LogP contribution in [0.2, 0.25) is 0 Å². The van der Waals surface area contributed by atoms with Crippen molar-refractivity contribution in [1.82, 2.24) is 15.5 Å². The van der Waals surface area contributed by atoms with E-state index in [1.165, 1.54) is 6.07 Å². The lowest BCUT2D eigenvalue weighted by Gasteiger charge is -2.27. The summed E-state index contributed by atoms with van der Waals surface area (Å²) in [4.78, 5) is 62.6. The molecule has 1 fully saturated rings. The minimum atomic E-state index is -1.06. The maximum Gasteiger partial charge on any atom is 0.266 e. The fraction of sp³-hybridized carbons (Fsp3) is 0.393. The summed E-state index contributed by atoms with van der Waals surface area (Å²) in [5.41, 5.74) is 6.47. The molecule has 2 aromatic rings. The third kappa shape index (κ3) is 7.80. The van der Waals surface area contributed by atoms with E-state index in [0.717, 1.165) is 4.90 Å². The van der Waals surface area contributed by atoms with Crippen LogP contribution in [-0.2, 0) is 23.9 Å². The Morgan fingerprint density at radius 3 is 2.39 bits per heavy atom. The Morgan fingerprint density at radius 1 is 0.902 bits per heavy atom. The van der Waals surface area contributed by atoms with Crippen molar-refractivity contribution in [3.63, 3.8) is 0 Å². The minimum Gasteiger partial charge on any atom is -0.491 e.